The molecule has 0 bridgehead atoms. The van der Waals surface area contributed by atoms with Crippen LogP contribution in [0.15, 0.2) is 52.0 Å². The van der Waals surface area contributed by atoms with Gasteiger partial charge in [-0.3, -0.25) is 4.79 Å². The largest absolute Gasteiger partial charge is 0.464 e. The van der Waals surface area contributed by atoms with Gasteiger partial charge < -0.3 is 9.32 Å². The number of furan rings is 1. The van der Waals surface area contributed by atoms with Crippen molar-refractivity contribution in [3.05, 3.63) is 64.9 Å². The second kappa shape index (κ2) is 7.31. The quantitative estimate of drug-likeness (QED) is 0.695. The molecule has 1 amide bonds. The van der Waals surface area contributed by atoms with Crippen LogP contribution in [0.1, 0.15) is 41.6 Å². The van der Waals surface area contributed by atoms with E-state index in [0.717, 1.165) is 35.8 Å². The van der Waals surface area contributed by atoms with Crippen molar-refractivity contribution in [2.45, 2.75) is 43.5 Å². The number of fused-ring (bicyclic) bond motifs is 2. The zero-order chi connectivity index (χ0) is 20.8. The molecule has 1 aliphatic rings. The van der Waals surface area contributed by atoms with Gasteiger partial charge in [0.2, 0.25) is 15.9 Å². The first-order chi connectivity index (χ1) is 13.7. The fourth-order valence-electron chi connectivity index (χ4n) is 3.96. The maximum Gasteiger partial charge on any atom is 0.238 e. The van der Waals surface area contributed by atoms with Gasteiger partial charge in [0.15, 0.2) is 0 Å². The zero-order valence-electron chi connectivity index (χ0n) is 16.5. The molecule has 0 fully saturated rings. The molecule has 1 unspecified atom stereocenters. The maximum atomic E-state index is 12.9. The van der Waals surface area contributed by atoms with E-state index in [0.29, 0.717) is 5.56 Å². The fraction of sp³-hybridized carbons (Fsp3) is 0.318. The zero-order valence-corrected chi connectivity index (χ0v) is 17.3. The molecular formula is C22H24N2O4S. The van der Waals surface area contributed by atoms with Crippen LogP contribution in [0.25, 0.3) is 11.0 Å². The number of aryl methyl sites for hydroxylation is 2. The van der Waals surface area contributed by atoms with Crippen molar-refractivity contribution in [3.8, 4) is 0 Å². The predicted octanol–water partition coefficient (Wildman–Crippen LogP) is 3.33. The molecule has 1 aliphatic carbocycles. The number of hydrogen-bond acceptors (Lipinski definition) is 4. The van der Waals surface area contributed by atoms with E-state index in [2.05, 4.69) is 12.1 Å². The number of carbonyl (C=O) groups excluding carboxylic acids is 1. The third-order valence-corrected chi connectivity index (χ3v) is 6.76. The number of carbonyl (C=O) groups is 1. The smallest absolute Gasteiger partial charge is 0.238 e. The van der Waals surface area contributed by atoms with Crippen molar-refractivity contribution >= 4 is 26.9 Å². The third kappa shape index (κ3) is 3.80. The van der Waals surface area contributed by atoms with Crippen LogP contribution in [0.2, 0.25) is 0 Å². The lowest BCUT2D eigenvalue weighted by molar-refractivity contribution is -0.131. The molecule has 0 saturated heterocycles. The van der Waals surface area contributed by atoms with Gasteiger partial charge in [0, 0.05) is 18.0 Å². The number of likely N-dealkylation sites (N-methyl/N-ethyl adjacent to an activating group) is 1. The van der Waals surface area contributed by atoms with E-state index in [-0.39, 0.29) is 23.3 Å². The molecule has 2 N–H and O–H groups in total. The maximum absolute atomic E-state index is 12.9. The lowest BCUT2D eigenvalue weighted by atomic mass is 10.0. The summed E-state index contributed by atoms with van der Waals surface area (Å²) in [4.78, 5) is 14.6. The van der Waals surface area contributed by atoms with Gasteiger partial charge in [-0.15, -0.1) is 0 Å². The number of hydrogen-bond donors (Lipinski definition) is 1. The Hall–Kier alpha value is -2.64. The van der Waals surface area contributed by atoms with Crippen LogP contribution >= 0.6 is 0 Å². The molecular weight excluding hydrogens is 388 g/mol. The van der Waals surface area contributed by atoms with Crippen LogP contribution in [0, 0.1) is 0 Å². The summed E-state index contributed by atoms with van der Waals surface area (Å²) < 4.78 is 28.9. The van der Waals surface area contributed by atoms with E-state index < -0.39 is 10.0 Å². The Morgan fingerprint density at radius 3 is 2.66 bits per heavy atom. The molecule has 2 aromatic carbocycles. The molecule has 1 aromatic heterocycles. The number of amides is 1. The number of benzene rings is 2. The Kier molecular flexibility index (Phi) is 4.96. The molecule has 0 aliphatic heterocycles. The van der Waals surface area contributed by atoms with Gasteiger partial charge >= 0.3 is 0 Å². The van der Waals surface area contributed by atoms with Gasteiger partial charge in [0.25, 0.3) is 0 Å². The van der Waals surface area contributed by atoms with Crippen molar-refractivity contribution < 1.29 is 17.6 Å². The lowest BCUT2D eigenvalue weighted by Gasteiger charge is -2.25. The van der Waals surface area contributed by atoms with Crippen molar-refractivity contribution in [3.63, 3.8) is 0 Å². The summed E-state index contributed by atoms with van der Waals surface area (Å²) in [6.07, 6.45) is 5.20. The highest BCUT2D eigenvalue weighted by atomic mass is 32.2. The minimum atomic E-state index is -3.79. The van der Waals surface area contributed by atoms with Gasteiger partial charge in [-0.1, -0.05) is 12.1 Å². The molecule has 0 spiro atoms. The highest BCUT2D eigenvalue weighted by molar-refractivity contribution is 7.89. The highest BCUT2D eigenvalue weighted by Gasteiger charge is 2.22. The summed E-state index contributed by atoms with van der Waals surface area (Å²) in [6.45, 7) is 1.86. The minimum Gasteiger partial charge on any atom is -0.464 e. The molecule has 1 heterocycles. The summed E-state index contributed by atoms with van der Waals surface area (Å²) in [5, 5.41) is 6.22. The Bertz CT molecular complexity index is 1200. The van der Waals surface area contributed by atoms with Crippen molar-refractivity contribution in [2.75, 3.05) is 7.05 Å². The fourth-order valence-corrected chi connectivity index (χ4v) is 4.53. The molecule has 29 heavy (non-hydrogen) atoms. The average molecular weight is 413 g/mol. The first kappa shape index (κ1) is 19.7. The van der Waals surface area contributed by atoms with Gasteiger partial charge in [0.05, 0.1) is 23.6 Å². The van der Waals surface area contributed by atoms with Crippen LogP contribution in [0.3, 0.4) is 0 Å². The van der Waals surface area contributed by atoms with E-state index in [9.17, 15) is 13.2 Å². The highest BCUT2D eigenvalue weighted by Crippen LogP contribution is 2.31. The van der Waals surface area contributed by atoms with E-state index in [1.54, 1.807) is 30.3 Å². The van der Waals surface area contributed by atoms with Crippen molar-refractivity contribution in [2.24, 2.45) is 5.14 Å². The second-order valence-electron chi connectivity index (χ2n) is 7.71. The normalized spacial score (nSPS) is 14.7. The molecule has 4 rings (SSSR count). The summed E-state index contributed by atoms with van der Waals surface area (Å²) in [6, 6.07) is 10.3. The lowest BCUT2D eigenvalue weighted by Crippen LogP contribution is -2.31. The van der Waals surface area contributed by atoms with Crippen molar-refractivity contribution in [1.82, 2.24) is 4.90 Å². The molecule has 1 atom stereocenters. The Balaban J connectivity index is 1.55. The van der Waals surface area contributed by atoms with Crippen molar-refractivity contribution in [1.29, 1.82) is 0 Å². The number of rotatable bonds is 5. The molecule has 6 nitrogen and oxygen atoms in total. The topological polar surface area (TPSA) is 93.6 Å². The predicted molar refractivity (Wildman–Crippen MR) is 111 cm³/mol. The number of sulfonamides is 1. The minimum absolute atomic E-state index is 0.0392. The first-order valence-electron chi connectivity index (χ1n) is 9.64. The first-order valence-corrected chi connectivity index (χ1v) is 11.2. The van der Waals surface area contributed by atoms with Gasteiger partial charge in [-0.25, -0.2) is 13.6 Å². The van der Waals surface area contributed by atoms with E-state index in [4.69, 9.17) is 9.56 Å². The summed E-state index contributed by atoms with van der Waals surface area (Å²) >= 11 is 0. The van der Waals surface area contributed by atoms with Crippen LogP contribution in [-0.4, -0.2) is 26.3 Å². The van der Waals surface area contributed by atoms with Crippen LogP contribution in [0.5, 0.6) is 0 Å². The van der Waals surface area contributed by atoms with Crippen LogP contribution in [0.4, 0.5) is 0 Å². The molecule has 0 saturated carbocycles. The van der Waals surface area contributed by atoms with Gasteiger partial charge in [-0.05, 0) is 67.1 Å². The standard InChI is InChI=1S/C22H24N2O4S/c1-14(15-5-4-8-19(9-15)29(23,26)27)24(2)22(25)12-18-13-28-21-11-17-7-3-6-16(17)10-20(18)21/h4-5,8-11,13-14H,3,6-7,12H2,1-2H3,(H2,23,26,27). The molecule has 152 valence electrons. The SMILES string of the molecule is CC(c1cccc(S(N)(=O)=O)c1)N(C)C(=O)Cc1coc2cc3c(cc12)CCC3. The van der Waals surface area contributed by atoms with E-state index in [1.807, 2.05) is 6.92 Å². The number of primary sulfonamides is 1. The Morgan fingerprint density at radius 1 is 1.21 bits per heavy atom. The Morgan fingerprint density at radius 2 is 1.93 bits per heavy atom. The monoisotopic (exact) mass is 412 g/mol. The second-order valence-corrected chi connectivity index (χ2v) is 9.27. The summed E-state index contributed by atoms with van der Waals surface area (Å²) in [5.41, 5.74) is 5.09. The van der Waals surface area contributed by atoms with Crippen LogP contribution < -0.4 is 5.14 Å². The van der Waals surface area contributed by atoms with Crippen LogP contribution in [-0.2, 0) is 34.1 Å². The third-order valence-electron chi connectivity index (χ3n) is 5.85. The number of nitrogens with zero attached hydrogens (tertiary/aromatic N) is 1. The summed E-state index contributed by atoms with van der Waals surface area (Å²) in [7, 11) is -2.07. The van der Waals surface area contributed by atoms with E-state index >= 15 is 0 Å². The van der Waals surface area contributed by atoms with Gasteiger partial charge in [-0.2, -0.15) is 0 Å². The summed E-state index contributed by atoms with van der Waals surface area (Å²) in [5.74, 6) is -0.0679. The molecule has 3 aromatic rings. The van der Waals surface area contributed by atoms with E-state index in [1.165, 1.54) is 23.3 Å². The average Bonchev–Trinajstić information content (AvgIpc) is 3.31. The molecule has 7 heteroatoms. The molecule has 0 radical (unpaired) electrons. The number of nitrogens with two attached hydrogens (primary N) is 1. The Labute approximate surface area is 170 Å². The van der Waals surface area contributed by atoms with Gasteiger partial charge in [0.1, 0.15) is 5.58 Å².